The molecule has 16 heavy (non-hydrogen) atoms. The van der Waals surface area contributed by atoms with Gasteiger partial charge < -0.3 is 4.90 Å². The highest BCUT2D eigenvalue weighted by Crippen LogP contribution is 2.20. The number of aryl methyl sites for hydroxylation is 1. The molecule has 3 nitrogen and oxygen atoms in total. The molecule has 0 radical (unpaired) electrons. The van der Waals surface area contributed by atoms with Gasteiger partial charge in [-0.15, -0.1) is 22.9 Å². The highest BCUT2D eigenvalue weighted by atomic mass is 35.5. The van der Waals surface area contributed by atoms with Gasteiger partial charge in [-0.25, -0.2) is 4.98 Å². The van der Waals surface area contributed by atoms with E-state index in [9.17, 15) is 4.79 Å². The molecule has 1 atom stereocenters. The first-order chi connectivity index (χ1) is 7.70. The van der Waals surface area contributed by atoms with Crippen LogP contribution >= 0.6 is 22.9 Å². The van der Waals surface area contributed by atoms with Crippen LogP contribution in [0.5, 0.6) is 0 Å². The van der Waals surface area contributed by atoms with Gasteiger partial charge in [0.15, 0.2) is 0 Å². The van der Waals surface area contributed by atoms with E-state index in [1.807, 2.05) is 17.3 Å². The number of rotatable bonds is 4. The number of hydrogen-bond acceptors (Lipinski definition) is 3. The maximum Gasteiger partial charge on any atom is 0.222 e. The number of nitrogens with zero attached hydrogens (tertiary/aromatic N) is 2. The number of carbonyl (C=O) groups excluding carboxylic acids is 1. The Kier molecular flexibility index (Phi) is 3.82. The predicted octanol–water partition coefficient (Wildman–Crippen LogP) is 2.08. The summed E-state index contributed by atoms with van der Waals surface area (Å²) in [5.41, 5.74) is 2.95. The molecular weight excluding hydrogens is 244 g/mol. The minimum absolute atomic E-state index is 0.243. The Morgan fingerprint density at radius 3 is 3.06 bits per heavy atom. The number of alkyl halides is 1. The molecule has 1 aliphatic heterocycles. The number of carbonyl (C=O) groups is 1. The third-order valence-corrected chi connectivity index (χ3v) is 4.40. The van der Waals surface area contributed by atoms with Gasteiger partial charge in [-0.1, -0.05) is 0 Å². The van der Waals surface area contributed by atoms with Gasteiger partial charge >= 0.3 is 0 Å². The van der Waals surface area contributed by atoms with E-state index in [1.165, 1.54) is 4.88 Å². The van der Waals surface area contributed by atoms with Crippen molar-refractivity contribution in [2.45, 2.75) is 19.8 Å². The average molecular weight is 259 g/mol. The lowest BCUT2D eigenvalue weighted by Crippen LogP contribution is -2.27. The molecule has 0 bridgehead atoms. The fourth-order valence-electron chi connectivity index (χ4n) is 1.98. The van der Waals surface area contributed by atoms with Gasteiger partial charge in [0.05, 0.1) is 11.2 Å². The van der Waals surface area contributed by atoms with Crippen molar-refractivity contribution < 1.29 is 4.79 Å². The molecule has 0 N–H and O–H groups in total. The molecule has 1 saturated heterocycles. The maximum atomic E-state index is 11.6. The van der Waals surface area contributed by atoms with Gasteiger partial charge in [-0.05, 0) is 12.8 Å². The van der Waals surface area contributed by atoms with Crippen LogP contribution in [0.25, 0.3) is 0 Å². The summed E-state index contributed by atoms with van der Waals surface area (Å²) in [5.74, 6) is 1.17. The van der Waals surface area contributed by atoms with Crippen LogP contribution in [0, 0.1) is 12.8 Å². The van der Waals surface area contributed by atoms with Crippen LogP contribution in [0.1, 0.15) is 17.0 Å². The Morgan fingerprint density at radius 2 is 2.50 bits per heavy atom. The Morgan fingerprint density at radius 1 is 1.69 bits per heavy atom. The van der Waals surface area contributed by atoms with Crippen LogP contribution in [-0.2, 0) is 11.2 Å². The molecule has 1 unspecified atom stereocenters. The Hall–Kier alpha value is -0.610. The van der Waals surface area contributed by atoms with Crippen molar-refractivity contribution >= 4 is 28.8 Å². The van der Waals surface area contributed by atoms with Gasteiger partial charge in [0.2, 0.25) is 5.91 Å². The first kappa shape index (κ1) is 11.9. The smallest absolute Gasteiger partial charge is 0.222 e. The molecule has 1 aromatic rings. The summed E-state index contributed by atoms with van der Waals surface area (Å²) >= 11 is 7.44. The lowest BCUT2D eigenvalue weighted by Gasteiger charge is -2.15. The lowest BCUT2D eigenvalue weighted by molar-refractivity contribution is -0.127. The molecule has 0 saturated carbocycles. The molecule has 1 fully saturated rings. The second-order valence-electron chi connectivity index (χ2n) is 4.18. The molecule has 1 aliphatic rings. The van der Waals surface area contributed by atoms with Crippen LogP contribution in [-0.4, -0.2) is 34.8 Å². The zero-order chi connectivity index (χ0) is 11.5. The zero-order valence-corrected chi connectivity index (χ0v) is 10.9. The monoisotopic (exact) mass is 258 g/mol. The van der Waals surface area contributed by atoms with Crippen molar-refractivity contribution in [2.75, 3.05) is 19.0 Å². The molecule has 1 aromatic heterocycles. The Labute approximate surface area is 104 Å². The van der Waals surface area contributed by atoms with E-state index in [4.69, 9.17) is 11.6 Å². The van der Waals surface area contributed by atoms with E-state index in [2.05, 4.69) is 4.98 Å². The first-order valence-corrected chi connectivity index (χ1v) is 6.85. The van der Waals surface area contributed by atoms with E-state index in [0.717, 1.165) is 25.2 Å². The second kappa shape index (κ2) is 5.15. The van der Waals surface area contributed by atoms with Crippen LogP contribution in [0.3, 0.4) is 0 Å². The number of thiazole rings is 1. The Balaban J connectivity index is 1.87. The number of likely N-dealkylation sites (tertiary alicyclic amines) is 1. The third kappa shape index (κ3) is 2.55. The van der Waals surface area contributed by atoms with Crippen molar-refractivity contribution in [3.8, 4) is 0 Å². The predicted molar refractivity (Wildman–Crippen MR) is 66.0 cm³/mol. The SMILES string of the molecule is Cc1ncsc1CCN1CC(CCl)CC1=O. The van der Waals surface area contributed by atoms with Crippen molar-refractivity contribution in [3.63, 3.8) is 0 Å². The highest BCUT2D eigenvalue weighted by molar-refractivity contribution is 7.09. The van der Waals surface area contributed by atoms with Crippen molar-refractivity contribution in [1.82, 2.24) is 9.88 Å². The number of hydrogen-bond donors (Lipinski definition) is 0. The molecule has 0 aromatic carbocycles. The summed E-state index contributed by atoms with van der Waals surface area (Å²) in [6.45, 7) is 3.63. The van der Waals surface area contributed by atoms with E-state index < -0.39 is 0 Å². The van der Waals surface area contributed by atoms with Gasteiger partial charge in [0.25, 0.3) is 0 Å². The van der Waals surface area contributed by atoms with Gasteiger partial charge in [0, 0.05) is 36.7 Å². The number of amides is 1. The number of aromatic nitrogens is 1. The largest absolute Gasteiger partial charge is 0.342 e. The van der Waals surface area contributed by atoms with E-state index >= 15 is 0 Å². The topological polar surface area (TPSA) is 33.2 Å². The molecule has 0 spiro atoms. The Bertz CT molecular complexity index is 380. The summed E-state index contributed by atoms with van der Waals surface area (Å²) in [5, 5.41) is 0. The van der Waals surface area contributed by atoms with Crippen LogP contribution in [0.4, 0.5) is 0 Å². The van der Waals surface area contributed by atoms with Crippen molar-refractivity contribution in [3.05, 3.63) is 16.1 Å². The van der Waals surface area contributed by atoms with Gasteiger partial charge in [-0.3, -0.25) is 4.79 Å². The third-order valence-electron chi connectivity index (χ3n) is 2.97. The summed E-state index contributed by atoms with van der Waals surface area (Å²) in [7, 11) is 0. The summed E-state index contributed by atoms with van der Waals surface area (Å²) in [6.07, 6.45) is 1.53. The molecule has 88 valence electrons. The van der Waals surface area contributed by atoms with Gasteiger partial charge in [0.1, 0.15) is 0 Å². The summed E-state index contributed by atoms with van der Waals surface area (Å²) in [6, 6.07) is 0. The standard InChI is InChI=1S/C11H15ClN2OS/c1-8-10(16-7-13-8)2-3-14-6-9(5-12)4-11(14)15/h7,9H,2-6H2,1H3. The van der Waals surface area contributed by atoms with E-state index in [-0.39, 0.29) is 5.91 Å². The minimum Gasteiger partial charge on any atom is -0.342 e. The zero-order valence-electron chi connectivity index (χ0n) is 9.28. The molecule has 1 amide bonds. The maximum absolute atomic E-state index is 11.6. The average Bonchev–Trinajstić information content (AvgIpc) is 2.82. The minimum atomic E-state index is 0.243. The molecular formula is C11H15ClN2OS. The normalized spacial score (nSPS) is 20.8. The quantitative estimate of drug-likeness (QED) is 0.775. The summed E-state index contributed by atoms with van der Waals surface area (Å²) < 4.78 is 0. The number of halogens is 1. The molecule has 5 heteroatoms. The van der Waals surface area contributed by atoms with Crippen LogP contribution in [0.15, 0.2) is 5.51 Å². The van der Waals surface area contributed by atoms with Gasteiger partial charge in [-0.2, -0.15) is 0 Å². The summed E-state index contributed by atoms with van der Waals surface area (Å²) in [4.78, 5) is 19.1. The van der Waals surface area contributed by atoms with Crippen LogP contribution in [0.2, 0.25) is 0 Å². The molecule has 2 rings (SSSR count). The van der Waals surface area contributed by atoms with E-state index in [0.29, 0.717) is 18.2 Å². The molecule has 0 aliphatic carbocycles. The second-order valence-corrected chi connectivity index (χ2v) is 5.42. The van der Waals surface area contributed by atoms with Crippen molar-refractivity contribution in [2.24, 2.45) is 5.92 Å². The van der Waals surface area contributed by atoms with Crippen molar-refractivity contribution in [1.29, 1.82) is 0 Å². The van der Waals surface area contributed by atoms with Crippen LogP contribution < -0.4 is 0 Å². The van der Waals surface area contributed by atoms with E-state index in [1.54, 1.807) is 11.3 Å². The highest BCUT2D eigenvalue weighted by Gasteiger charge is 2.28. The first-order valence-electron chi connectivity index (χ1n) is 5.43. The fraction of sp³-hybridized carbons (Fsp3) is 0.636. The lowest BCUT2D eigenvalue weighted by atomic mass is 10.1. The fourth-order valence-corrected chi connectivity index (χ4v) is 2.95. The molecule has 2 heterocycles.